The van der Waals surface area contributed by atoms with Gasteiger partial charge in [0.15, 0.2) is 0 Å². The van der Waals surface area contributed by atoms with Crippen LogP contribution in [-0.4, -0.2) is 36.3 Å². The van der Waals surface area contributed by atoms with E-state index < -0.39 is 0 Å². The van der Waals surface area contributed by atoms with E-state index in [4.69, 9.17) is 5.73 Å². The summed E-state index contributed by atoms with van der Waals surface area (Å²) < 4.78 is 0. The molecule has 0 amide bonds. The third-order valence-corrected chi connectivity index (χ3v) is 5.69. The fourth-order valence-electron chi connectivity index (χ4n) is 3.84. The van der Waals surface area contributed by atoms with Crippen LogP contribution in [0.1, 0.15) is 57.6 Å². The van der Waals surface area contributed by atoms with E-state index in [0.717, 1.165) is 32.4 Å². The molecule has 0 saturated carbocycles. The Labute approximate surface area is 195 Å². The molecule has 2 aromatic carbocycles. The quantitative estimate of drug-likeness (QED) is 0.312. The SMILES string of the molecule is CCCCC(N)CNC(CNC(C=Cc1ccccc1)CC(C)C)Cc1ccc(O)cc1. The smallest absolute Gasteiger partial charge is 0.115 e. The largest absolute Gasteiger partial charge is 0.508 e. The van der Waals surface area contributed by atoms with E-state index in [1.165, 1.54) is 24.0 Å². The summed E-state index contributed by atoms with van der Waals surface area (Å²) in [5.74, 6) is 0.917. The zero-order valence-corrected chi connectivity index (χ0v) is 20.1. The van der Waals surface area contributed by atoms with Crippen molar-refractivity contribution < 1.29 is 5.11 Å². The number of hydrogen-bond acceptors (Lipinski definition) is 4. The van der Waals surface area contributed by atoms with Crippen LogP contribution < -0.4 is 16.4 Å². The Kier molecular flexibility index (Phi) is 12.1. The van der Waals surface area contributed by atoms with Gasteiger partial charge in [0.1, 0.15) is 5.75 Å². The predicted molar refractivity (Wildman–Crippen MR) is 138 cm³/mol. The van der Waals surface area contributed by atoms with Crippen LogP contribution in [0.25, 0.3) is 6.08 Å². The van der Waals surface area contributed by atoms with Gasteiger partial charge in [0.2, 0.25) is 0 Å². The van der Waals surface area contributed by atoms with Gasteiger partial charge in [0.25, 0.3) is 0 Å². The molecule has 0 saturated heterocycles. The Balaban J connectivity index is 2.01. The van der Waals surface area contributed by atoms with Crippen molar-refractivity contribution in [3.63, 3.8) is 0 Å². The fraction of sp³-hybridized carbons (Fsp3) is 0.500. The summed E-state index contributed by atoms with van der Waals surface area (Å²) in [6.07, 6.45) is 9.89. The lowest BCUT2D eigenvalue weighted by molar-refractivity contribution is 0.403. The number of nitrogens with two attached hydrogens (primary N) is 1. The minimum Gasteiger partial charge on any atom is -0.508 e. The van der Waals surface area contributed by atoms with Gasteiger partial charge in [-0.15, -0.1) is 0 Å². The molecule has 0 spiro atoms. The minimum atomic E-state index is 0.182. The van der Waals surface area contributed by atoms with Crippen LogP contribution in [0.2, 0.25) is 0 Å². The first-order chi connectivity index (χ1) is 15.5. The molecule has 4 nitrogen and oxygen atoms in total. The molecule has 32 heavy (non-hydrogen) atoms. The highest BCUT2D eigenvalue weighted by atomic mass is 16.3. The average Bonchev–Trinajstić information content (AvgIpc) is 2.79. The van der Waals surface area contributed by atoms with E-state index in [9.17, 15) is 5.11 Å². The number of unbranched alkanes of at least 4 members (excludes halogenated alkanes) is 1. The van der Waals surface area contributed by atoms with Crippen molar-refractivity contribution in [2.75, 3.05) is 13.1 Å². The molecule has 0 fully saturated rings. The van der Waals surface area contributed by atoms with Gasteiger partial charge in [0.05, 0.1) is 0 Å². The Morgan fingerprint density at radius 2 is 1.69 bits per heavy atom. The van der Waals surface area contributed by atoms with Crippen molar-refractivity contribution in [1.82, 2.24) is 10.6 Å². The third kappa shape index (κ3) is 10.9. The minimum absolute atomic E-state index is 0.182. The Morgan fingerprint density at radius 3 is 2.34 bits per heavy atom. The van der Waals surface area contributed by atoms with E-state index in [1.54, 1.807) is 12.1 Å². The average molecular weight is 438 g/mol. The molecular formula is C28H43N3O. The van der Waals surface area contributed by atoms with E-state index in [2.05, 4.69) is 67.8 Å². The summed E-state index contributed by atoms with van der Waals surface area (Å²) in [7, 11) is 0. The molecule has 2 aromatic rings. The van der Waals surface area contributed by atoms with Gasteiger partial charge in [-0.1, -0.05) is 88.2 Å². The van der Waals surface area contributed by atoms with Crippen LogP contribution in [0.3, 0.4) is 0 Å². The van der Waals surface area contributed by atoms with Crippen molar-refractivity contribution in [2.45, 2.75) is 71.0 Å². The van der Waals surface area contributed by atoms with Gasteiger partial charge in [-0.05, 0) is 48.4 Å². The van der Waals surface area contributed by atoms with Crippen LogP contribution in [0.4, 0.5) is 0 Å². The monoisotopic (exact) mass is 437 g/mol. The molecule has 0 radical (unpaired) electrons. The first-order valence-corrected chi connectivity index (χ1v) is 12.2. The summed E-state index contributed by atoms with van der Waals surface area (Å²) >= 11 is 0. The molecular weight excluding hydrogens is 394 g/mol. The topological polar surface area (TPSA) is 70.3 Å². The molecule has 2 rings (SSSR count). The number of hydrogen-bond donors (Lipinski definition) is 4. The summed E-state index contributed by atoms with van der Waals surface area (Å²) in [5.41, 5.74) is 8.77. The van der Waals surface area contributed by atoms with Gasteiger partial charge >= 0.3 is 0 Å². The summed E-state index contributed by atoms with van der Waals surface area (Å²) in [6, 6.07) is 18.8. The molecule has 0 aromatic heterocycles. The molecule has 176 valence electrons. The van der Waals surface area contributed by atoms with Crippen LogP contribution in [0.5, 0.6) is 5.75 Å². The zero-order valence-electron chi connectivity index (χ0n) is 20.1. The van der Waals surface area contributed by atoms with Crippen LogP contribution in [0.15, 0.2) is 60.7 Å². The van der Waals surface area contributed by atoms with Gasteiger partial charge in [-0.3, -0.25) is 0 Å². The first-order valence-electron chi connectivity index (χ1n) is 12.2. The van der Waals surface area contributed by atoms with Gasteiger partial charge in [0, 0.05) is 31.2 Å². The summed E-state index contributed by atoms with van der Waals surface area (Å²) in [6.45, 7) is 8.42. The maximum absolute atomic E-state index is 9.61. The van der Waals surface area contributed by atoms with Crippen molar-refractivity contribution in [2.24, 2.45) is 11.7 Å². The van der Waals surface area contributed by atoms with E-state index in [-0.39, 0.29) is 12.1 Å². The van der Waals surface area contributed by atoms with Crippen molar-refractivity contribution in [1.29, 1.82) is 0 Å². The molecule has 0 bridgehead atoms. The van der Waals surface area contributed by atoms with Crippen LogP contribution >= 0.6 is 0 Å². The van der Waals surface area contributed by atoms with Crippen molar-refractivity contribution in [3.8, 4) is 5.75 Å². The molecule has 0 aliphatic rings. The van der Waals surface area contributed by atoms with Crippen molar-refractivity contribution >= 4 is 6.08 Å². The molecule has 0 aliphatic heterocycles. The standard InChI is InChI=1S/C28H43N3O/c1-4-5-11-25(29)20-30-27(19-24-13-16-28(32)17-14-24)21-31-26(18-22(2)3)15-12-23-9-7-6-8-10-23/h6-10,12-17,22,25-27,30-32H,4-5,11,18-21,29H2,1-3H3. The second-order valence-electron chi connectivity index (χ2n) is 9.29. The Hall–Kier alpha value is -2.14. The molecule has 3 unspecified atom stereocenters. The highest BCUT2D eigenvalue weighted by molar-refractivity contribution is 5.49. The van der Waals surface area contributed by atoms with Gasteiger partial charge in [-0.2, -0.15) is 0 Å². The summed E-state index contributed by atoms with van der Waals surface area (Å²) in [5, 5.41) is 17.1. The maximum atomic E-state index is 9.61. The number of aromatic hydroxyl groups is 1. The molecule has 3 atom stereocenters. The van der Waals surface area contributed by atoms with Gasteiger partial charge < -0.3 is 21.5 Å². The summed E-state index contributed by atoms with van der Waals surface area (Å²) in [4.78, 5) is 0. The molecule has 0 aliphatic carbocycles. The van der Waals surface area contributed by atoms with Gasteiger partial charge in [-0.25, -0.2) is 0 Å². The lowest BCUT2D eigenvalue weighted by Crippen LogP contribution is -2.47. The second-order valence-corrected chi connectivity index (χ2v) is 9.29. The number of benzene rings is 2. The predicted octanol–water partition coefficient (Wildman–Crippen LogP) is 5.13. The second kappa shape index (κ2) is 14.8. The number of nitrogens with one attached hydrogen (secondary N) is 2. The highest BCUT2D eigenvalue weighted by Crippen LogP contribution is 2.13. The third-order valence-electron chi connectivity index (χ3n) is 5.69. The lowest BCUT2D eigenvalue weighted by atomic mass is 10.0. The fourth-order valence-corrected chi connectivity index (χ4v) is 3.84. The zero-order chi connectivity index (χ0) is 23.2. The number of phenolic OH excluding ortho intramolecular Hbond substituents is 1. The van der Waals surface area contributed by atoms with Crippen molar-refractivity contribution in [3.05, 3.63) is 71.8 Å². The van der Waals surface area contributed by atoms with E-state index in [1.807, 2.05) is 18.2 Å². The first kappa shape index (κ1) is 26.1. The Morgan fingerprint density at radius 1 is 0.969 bits per heavy atom. The highest BCUT2D eigenvalue weighted by Gasteiger charge is 2.14. The number of rotatable bonds is 15. The molecule has 0 heterocycles. The van der Waals surface area contributed by atoms with E-state index in [0.29, 0.717) is 17.7 Å². The lowest BCUT2D eigenvalue weighted by Gasteiger charge is -2.25. The Bertz CT molecular complexity index is 758. The van der Waals surface area contributed by atoms with Crippen LogP contribution in [-0.2, 0) is 6.42 Å². The maximum Gasteiger partial charge on any atom is 0.115 e. The molecule has 5 N–H and O–H groups in total. The van der Waals surface area contributed by atoms with Crippen LogP contribution in [0, 0.1) is 5.92 Å². The molecule has 4 heteroatoms. The normalized spacial score (nSPS) is 14.7. The van der Waals surface area contributed by atoms with E-state index >= 15 is 0 Å². The number of phenols is 1.